The van der Waals surface area contributed by atoms with Crippen LogP contribution in [0, 0.1) is 0 Å². The fourth-order valence-corrected chi connectivity index (χ4v) is 3.03. The van der Waals surface area contributed by atoms with Crippen LogP contribution in [0.4, 0.5) is 0 Å². The van der Waals surface area contributed by atoms with Gasteiger partial charge in [-0.1, -0.05) is 43.1 Å². The predicted molar refractivity (Wildman–Crippen MR) is 92.4 cm³/mol. The molecule has 1 N–H and O–H groups in total. The van der Waals surface area contributed by atoms with Crippen LogP contribution >= 0.6 is 11.6 Å². The first kappa shape index (κ1) is 17.8. The van der Waals surface area contributed by atoms with Crippen LogP contribution in [0.2, 0.25) is 5.02 Å². The first-order chi connectivity index (χ1) is 11.1. The summed E-state index contributed by atoms with van der Waals surface area (Å²) in [5.74, 6) is 0.238. The number of nitrogens with one attached hydrogen (secondary N) is 1. The summed E-state index contributed by atoms with van der Waals surface area (Å²) >= 11 is 6.11. The Morgan fingerprint density at radius 1 is 1.26 bits per heavy atom. The summed E-state index contributed by atoms with van der Waals surface area (Å²) in [5.41, 5.74) is 0.870. The van der Waals surface area contributed by atoms with Crippen molar-refractivity contribution in [2.24, 2.45) is 0 Å². The van der Waals surface area contributed by atoms with Gasteiger partial charge in [-0.3, -0.25) is 9.59 Å². The van der Waals surface area contributed by atoms with Gasteiger partial charge in [0.25, 0.3) is 0 Å². The molecule has 0 unspecified atom stereocenters. The Labute approximate surface area is 143 Å². The van der Waals surface area contributed by atoms with Crippen LogP contribution in [0.25, 0.3) is 0 Å². The van der Waals surface area contributed by atoms with Crippen molar-refractivity contribution in [3.05, 3.63) is 34.9 Å². The van der Waals surface area contributed by atoms with Gasteiger partial charge in [0.1, 0.15) is 0 Å². The Morgan fingerprint density at radius 3 is 2.61 bits per heavy atom. The van der Waals surface area contributed by atoms with Crippen molar-refractivity contribution < 1.29 is 9.59 Å². The number of benzene rings is 1. The predicted octanol–water partition coefficient (Wildman–Crippen LogP) is 3.18. The number of amides is 2. The summed E-state index contributed by atoms with van der Waals surface area (Å²) in [6.45, 7) is 3.47. The number of likely N-dealkylation sites (tertiary alicyclic amines) is 1. The molecule has 1 aromatic rings. The Balaban J connectivity index is 1.76. The molecule has 1 saturated heterocycles. The quantitative estimate of drug-likeness (QED) is 0.867. The van der Waals surface area contributed by atoms with E-state index in [1.807, 2.05) is 29.2 Å². The minimum absolute atomic E-state index is 0.105. The largest absolute Gasteiger partial charge is 0.353 e. The third-order valence-electron chi connectivity index (χ3n) is 4.27. The van der Waals surface area contributed by atoms with Gasteiger partial charge >= 0.3 is 0 Å². The van der Waals surface area contributed by atoms with Crippen LogP contribution in [0.5, 0.6) is 0 Å². The number of carbonyl (C=O) groups is 2. The van der Waals surface area contributed by atoms with E-state index in [4.69, 9.17) is 11.6 Å². The molecular weight excluding hydrogens is 312 g/mol. The number of rotatable bonds is 6. The zero-order valence-corrected chi connectivity index (χ0v) is 14.4. The van der Waals surface area contributed by atoms with E-state index >= 15 is 0 Å². The Morgan fingerprint density at radius 2 is 1.96 bits per heavy atom. The maximum atomic E-state index is 12.4. The lowest BCUT2D eigenvalue weighted by Gasteiger charge is -2.32. The van der Waals surface area contributed by atoms with Crippen LogP contribution in [0.3, 0.4) is 0 Å². The highest BCUT2D eigenvalue weighted by Crippen LogP contribution is 2.18. The highest BCUT2D eigenvalue weighted by Gasteiger charge is 2.24. The van der Waals surface area contributed by atoms with Gasteiger partial charge in [0, 0.05) is 30.6 Å². The van der Waals surface area contributed by atoms with Gasteiger partial charge in [0.2, 0.25) is 11.8 Å². The molecule has 126 valence electrons. The number of piperidine rings is 1. The van der Waals surface area contributed by atoms with Crippen molar-refractivity contribution in [1.29, 1.82) is 0 Å². The zero-order valence-electron chi connectivity index (χ0n) is 13.7. The molecule has 0 spiro atoms. The molecule has 0 aromatic heterocycles. The Kier molecular flexibility index (Phi) is 6.90. The molecule has 5 heteroatoms. The second kappa shape index (κ2) is 8.92. The molecule has 1 aromatic carbocycles. The van der Waals surface area contributed by atoms with Crippen molar-refractivity contribution in [3.8, 4) is 0 Å². The van der Waals surface area contributed by atoms with Gasteiger partial charge in [-0.25, -0.2) is 0 Å². The minimum Gasteiger partial charge on any atom is -0.353 e. The number of carbonyl (C=O) groups excluding carboxylic acids is 2. The van der Waals surface area contributed by atoms with Crippen LogP contribution in [-0.2, 0) is 16.0 Å². The second-order valence-electron chi connectivity index (χ2n) is 6.09. The Bertz CT molecular complexity index is 540. The first-order valence-corrected chi connectivity index (χ1v) is 8.78. The number of nitrogens with zero attached hydrogens (tertiary/aromatic N) is 1. The van der Waals surface area contributed by atoms with E-state index in [9.17, 15) is 9.59 Å². The van der Waals surface area contributed by atoms with Gasteiger partial charge in [-0.2, -0.15) is 0 Å². The maximum Gasteiger partial charge on any atom is 0.227 e. The molecule has 0 saturated carbocycles. The first-order valence-electron chi connectivity index (χ1n) is 8.40. The van der Waals surface area contributed by atoms with Crippen molar-refractivity contribution in [2.45, 2.75) is 51.5 Å². The highest BCUT2D eigenvalue weighted by molar-refractivity contribution is 6.31. The normalized spacial score (nSPS) is 15.5. The minimum atomic E-state index is 0.105. The van der Waals surface area contributed by atoms with Gasteiger partial charge in [0.15, 0.2) is 0 Å². The van der Waals surface area contributed by atoms with E-state index in [2.05, 4.69) is 12.2 Å². The number of hydrogen-bond acceptors (Lipinski definition) is 2. The number of unbranched alkanes of at least 4 members (excludes halogenated alkanes) is 1. The van der Waals surface area contributed by atoms with Gasteiger partial charge in [0.05, 0.1) is 6.42 Å². The molecule has 0 radical (unpaired) electrons. The zero-order chi connectivity index (χ0) is 16.7. The number of halogens is 1. The number of hydrogen-bond donors (Lipinski definition) is 1. The molecule has 23 heavy (non-hydrogen) atoms. The monoisotopic (exact) mass is 336 g/mol. The molecule has 1 heterocycles. The molecule has 2 amide bonds. The van der Waals surface area contributed by atoms with E-state index < -0.39 is 0 Å². The van der Waals surface area contributed by atoms with Crippen molar-refractivity contribution in [1.82, 2.24) is 10.2 Å². The lowest BCUT2D eigenvalue weighted by molar-refractivity contribution is -0.131. The lowest BCUT2D eigenvalue weighted by atomic mass is 10.0. The highest BCUT2D eigenvalue weighted by atomic mass is 35.5. The molecule has 0 bridgehead atoms. The average molecular weight is 337 g/mol. The summed E-state index contributed by atoms with van der Waals surface area (Å²) in [4.78, 5) is 26.0. The SMILES string of the molecule is CCCCC(=O)NC1CCN(C(=O)Cc2ccccc2Cl)CC1. The summed E-state index contributed by atoms with van der Waals surface area (Å²) in [7, 11) is 0. The van der Waals surface area contributed by atoms with Crippen LogP contribution in [0.15, 0.2) is 24.3 Å². The standard InChI is InChI=1S/C18H25ClN2O2/c1-2-3-8-17(22)20-15-9-11-21(12-10-15)18(23)13-14-6-4-5-7-16(14)19/h4-7,15H,2-3,8-13H2,1H3,(H,20,22). The van der Waals surface area contributed by atoms with Gasteiger partial charge in [-0.15, -0.1) is 0 Å². The van der Waals surface area contributed by atoms with E-state index in [1.165, 1.54) is 0 Å². The molecule has 0 atom stereocenters. The molecule has 1 aliphatic rings. The van der Waals surface area contributed by atoms with Crippen LogP contribution in [0.1, 0.15) is 44.6 Å². The fourth-order valence-electron chi connectivity index (χ4n) is 2.83. The van der Waals surface area contributed by atoms with Crippen LogP contribution < -0.4 is 5.32 Å². The van der Waals surface area contributed by atoms with E-state index in [-0.39, 0.29) is 17.9 Å². The van der Waals surface area contributed by atoms with Crippen LogP contribution in [-0.4, -0.2) is 35.8 Å². The summed E-state index contributed by atoms with van der Waals surface area (Å²) in [5, 5.41) is 3.71. The van der Waals surface area contributed by atoms with E-state index in [0.29, 0.717) is 31.0 Å². The molecule has 1 aliphatic heterocycles. The van der Waals surface area contributed by atoms with E-state index in [0.717, 1.165) is 31.2 Å². The Hall–Kier alpha value is -1.55. The lowest BCUT2D eigenvalue weighted by Crippen LogP contribution is -2.46. The smallest absolute Gasteiger partial charge is 0.227 e. The molecule has 2 rings (SSSR count). The van der Waals surface area contributed by atoms with Crippen molar-refractivity contribution in [2.75, 3.05) is 13.1 Å². The summed E-state index contributed by atoms with van der Waals surface area (Å²) < 4.78 is 0. The fraction of sp³-hybridized carbons (Fsp3) is 0.556. The van der Waals surface area contributed by atoms with Crippen molar-refractivity contribution >= 4 is 23.4 Å². The molecule has 1 fully saturated rings. The van der Waals surface area contributed by atoms with Crippen molar-refractivity contribution in [3.63, 3.8) is 0 Å². The molecule has 0 aliphatic carbocycles. The van der Waals surface area contributed by atoms with E-state index in [1.54, 1.807) is 0 Å². The third-order valence-corrected chi connectivity index (χ3v) is 4.64. The summed E-state index contributed by atoms with van der Waals surface area (Å²) in [6.07, 6.45) is 4.55. The molecular formula is C18H25ClN2O2. The van der Waals surface area contributed by atoms with Gasteiger partial charge < -0.3 is 10.2 Å². The molecule has 4 nitrogen and oxygen atoms in total. The third kappa shape index (κ3) is 5.54. The topological polar surface area (TPSA) is 49.4 Å². The second-order valence-corrected chi connectivity index (χ2v) is 6.50. The summed E-state index contributed by atoms with van der Waals surface area (Å²) in [6, 6.07) is 7.65. The average Bonchev–Trinajstić information content (AvgIpc) is 2.55. The van der Waals surface area contributed by atoms with Gasteiger partial charge in [-0.05, 0) is 30.9 Å². The maximum absolute atomic E-state index is 12.4.